The summed E-state index contributed by atoms with van der Waals surface area (Å²) in [6, 6.07) is 3.42. The summed E-state index contributed by atoms with van der Waals surface area (Å²) in [4.78, 5) is 13.3. The minimum absolute atomic E-state index is 0.0145. The Hall–Kier alpha value is -1.31. The van der Waals surface area contributed by atoms with Gasteiger partial charge in [-0.1, -0.05) is 17.7 Å². The fraction of sp³-hybridized carbons (Fsp3) is 0.562. The van der Waals surface area contributed by atoms with Crippen LogP contribution in [0.2, 0.25) is 5.02 Å². The van der Waals surface area contributed by atoms with Gasteiger partial charge in [-0.3, -0.25) is 4.79 Å². The maximum Gasteiger partial charge on any atom is 0.418 e. The molecule has 0 atom stereocenters. The summed E-state index contributed by atoms with van der Waals surface area (Å²) >= 11 is 5.82. The molecule has 4 nitrogen and oxygen atoms in total. The lowest BCUT2D eigenvalue weighted by atomic mass is 9.93. The second kappa shape index (κ2) is 8.18. The van der Waals surface area contributed by atoms with E-state index in [0.717, 1.165) is 12.6 Å². The van der Waals surface area contributed by atoms with Gasteiger partial charge in [0.1, 0.15) is 0 Å². The molecule has 0 saturated carbocycles. The Kier molecular flexibility index (Phi) is 7.07. The molecule has 24 heavy (non-hydrogen) atoms. The molecule has 1 rings (SSSR count). The van der Waals surface area contributed by atoms with Crippen molar-refractivity contribution < 1.29 is 28.2 Å². The van der Waals surface area contributed by atoms with Crippen molar-refractivity contribution in [3.63, 3.8) is 0 Å². The van der Waals surface area contributed by atoms with Crippen molar-refractivity contribution in [1.82, 2.24) is 0 Å². The normalized spacial score (nSPS) is 12.5. The molecule has 0 aliphatic rings. The monoisotopic (exact) mass is 367 g/mol. The van der Waals surface area contributed by atoms with E-state index in [2.05, 4.69) is 19.2 Å². The molecule has 1 amide bonds. The van der Waals surface area contributed by atoms with Gasteiger partial charge in [-0.2, -0.15) is 13.2 Å². The van der Waals surface area contributed by atoms with E-state index < -0.39 is 17.6 Å². The third-order valence-electron chi connectivity index (χ3n) is 3.44. The Labute approximate surface area is 145 Å². The van der Waals surface area contributed by atoms with Gasteiger partial charge in [0.25, 0.3) is 5.91 Å². The van der Waals surface area contributed by atoms with Crippen molar-refractivity contribution in [2.75, 3.05) is 39.0 Å². The molecule has 0 aliphatic heterocycles. The van der Waals surface area contributed by atoms with Gasteiger partial charge in [0.05, 0.1) is 48.9 Å². The Bertz CT molecular complexity index is 574. The first-order chi connectivity index (χ1) is 10.9. The van der Waals surface area contributed by atoms with E-state index in [-0.39, 0.29) is 22.7 Å². The average molecular weight is 368 g/mol. The molecule has 0 heterocycles. The molecule has 1 aromatic rings. The Morgan fingerprint density at radius 3 is 2.46 bits per heavy atom. The highest BCUT2D eigenvalue weighted by Crippen LogP contribution is 2.38. The first-order valence-electron chi connectivity index (χ1n) is 7.68. The molecule has 0 radical (unpaired) electrons. The van der Waals surface area contributed by atoms with Crippen molar-refractivity contribution in [3.05, 3.63) is 28.8 Å². The Morgan fingerprint density at radius 2 is 1.92 bits per heavy atom. The van der Waals surface area contributed by atoms with Gasteiger partial charge < -0.3 is 15.5 Å². The maximum atomic E-state index is 13.0. The van der Waals surface area contributed by atoms with E-state index in [0.29, 0.717) is 6.54 Å². The molecular weight excluding hydrogens is 343 g/mol. The highest BCUT2D eigenvalue weighted by Gasteiger charge is 2.35. The second-order valence-corrected chi connectivity index (χ2v) is 7.36. The minimum atomic E-state index is -4.58. The van der Waals surface area contributed by atoms with Crippen LogP contribution in [0.25, 0.3) is 0 Å². The number of amides is 1. The van der Waals surface area contributed by atoms with Gasteiger partial charge in [-0.15, -0.1) is 0 Å². The van der Waals surface area contributed by atoms with Gasteiger partial charge in [-0.25, -0.2) is 0 Å². The number of hydrogen-bond donors (Lipinski definition) is 3. The number of rotatable bonds is 7. The molecular formula is C16H25ClF3N3O+2. The molecule has 136 valence electrons. The zero-order valence-corrected chi connectivity index (χ0v) is 15.1. The molecule has 4 N–H and O–H groups in total. The van der Waals surface area contributed by atoms with Crippen LogP contribution in [0.3, 0.4) is 0 Å². The fourth-order valence-electron chi connectivity index (χ4n) is 2.70. The highest BCUT2D eigenvalue weighted by atomic mass is 35.5. The number of para-hydroxylation sites is 1. The van der Waals surface area contributed by atoms with Gasteiger partial charge >= 0.3 is 6.18 Å². The molecule has 0 saturated heterocycles. The number of anilines is 1. The minimum Gasteiger partial charge on any atom is -0.339 e. The van der Waals surface area contributed by atoms with Crippen LogP contribution in [-0.4, -0.2) is 39.6 Å². The summed E-state index contributed by atoms with van der Waals surface area (Å²) in [6.07, 6.45) is -4.58. The topological polar surface area (TPSA) is 50.2 Å². The maximum absolute atomic E-state index is 13.0. The third kappa shape index (κ3) is 6.67. The zero-order valence-electron chi connectivity index (χ0n) is 14.4. The number of nitrogens with two attached hydrogens (primary N) is 1. The van der Waals surface area contributed by atoms with Crippen LogP contribution < -0.4 is 15.5 Å². The smallest absolute Gasteiger partial charge is 0.339 e. The van der Waals surface area contributed by atoms with Crippen LogP contribution in [0, 0.1) is 5.41 Å². The SMILES string of the molecule is C[NH+](C)CC(C)(C)C[NH2+]CC(=O)Nc1c(Cl)cccc1C(F)(F)F. The average Bonchev–Trinajstić information content (AvgIpc) is 2.37. The lowest BCUT2D eigenvalue weighted by molar-refractivity contribution is -0.868. The van der Waals surface area contributed by atoms with E-state index in [1.54, 1.807) is 5.32 Å². The first kappa shape index (κ1) is 20.7. The Balaban J connectivity index is 2.67. The fourth-order valence-corrected chi connectivity index (χ4v) is 2.92. The van der Waals surface area contributed by atoms with Gasteiger partial charge in [0.2, 0.25) is 0 Å². The summed E-state index contributed by atoms with van der Waals surface area (Å²) in [5.74, 6) is -0.512. The number of quaternary nitrogens is 2. The number of benzene rings is 1. The number of nitrogens with one attached hydrogen (secondary N) is 2. The van der Waals surface area contributed by atoms with E-state index in [1.165, 1.54) is 17.0 Å². The molecule has 1 aromatic carbocycles. The van der Waals surface area contributed by atoms with Crippen LogP contribution in [0.4, 0.5) is 18.9 Å². The molecule has 0 fully saturated rings. The summed E-state index contributed by atoms with van der Waals surface area (Å²) < 4.78 is 39.0. The lowest BCUT2D eigenvalue weighted by Crippen LogP contribution is -3.08. The number of halogens is 4. The summed E-state index contributed by atoms with van der Waals surface area (Å²) in [5.41, 5.74) is -1.32. The summed E-state index contributed by atoms with van der Waals surface area (Å²) in [5, 5.41) is 3.95. The lowest BCUT2D eigenvalue weighted by Gasteiger charge is -2.24. The molecule has 8 heteroatoms. The van der Waals surface area contributed by atoms with Crippen molar-refractivity contribution in [1.29, 1.82) is 0 Å². The van der Waals surface area contributed by atoms with Crippen molar-refractivity contribution in [2.24, 2.45) is 5.41 Å². The summed E-state index contributed by atoms with van der Waals surface area (Å²) in [7, 11) is 4.09. The largest absolute Gasteiger partial charge is 0.418 e. The molecule has 0 bridgehead atoms. The van der Waals surface area contributed by atoms with Gasteiger partial charge in [0, 0.05) is 0 Å². The van der Waals surface area contributed by atoms with E-state index >= 15 is 0 Å². The Morgan fingerprint density at radius 1 is 1.29 bits per heavy atom. The molecule has 0 spiro atoms. The number of carbonyl (C=O) groups excluding carboxylic acids is 1. The zero-order chi connectivity index (χ0) is 18.5. The second-order valence-electron chi connectivity index (χ2n) is 6.95. The highest BCUT2D eigenvalue weighted by molar-refractivity contribution is 6.34. The molecule has 0 aromatic heterocycles. The van der Waals surface area contributed by atoms with E-state index in [9.17, 15) is 18.0 Å². The molecule has 0 unspecified atom stereocenters. The van der Waals surface area contributed by atoms with Crippen LogP contribution in [0.1, 0.15) is 19.4 Å². The number of hydrogen-bond acceptors (Lipinski definition) is 1. The van der Waals surface area contributed by atoms with Gasteiger partial charge in [-0.05, 0) is 26.0 Å². The van der Waals surface area contributed by atoms with Gasteiger partial charge in [0.15, 0.2) is 6.54 Å². The van der Waals surface area contributed by atoms with Crippen molar-refractivity contribution >= 4 is 23.2 Å². The molecule has 0 aliphatic carbocycles. The summed E-state index contributed by atoms with van der Waals surface area (Å²) in [6.45, 7) is 5.83. The van der Waals surface area contributed by atoms with Crippen molar-refractivity contribution in [2.45, 2.75) is 20.0 Å². The van der Waals surface area contributed by atoms with Crippen LogP contribution in [0.15, 0.2) is 18.2 Å². The standard InChI is InChI=1S/C16H23ClF3N3O/c1-15(2,10-23(3)4)9-21-8-13(24)22-14-11(16(18,19)20)6-5-7-12(14)17/h5-7,21H,8-10H2,1-4H3,(H,22,24)/p+2. The van der Waals surface area contributed by atoms with E-state index in [1.807, 2.05) is 14.1 Å². The predicted molar refractivity (Wildman–Crippen MR) is 88.2 cm³/mol. The number of alkyl halides is 3. The van der Waals surface area contributed by atoms with Crippen LogP contribution in [-0.2, 0) is 11.0 Å². The van der Waals surface area contributed by atoms with Crippen molar-refractivity contribution in [3.8, 4) is 0 Å². The third-order valence-corrected chi connectivity index (χ3v) is 3.76. The quantitative estimate of drug-likeness (QED) is 0.662. The van der Waals surface area contributed by atoms with E-state index in [4.69, 9.17) is 11.6 Å². The van der Waals surface area contributed by atoms with Crippen LogP contribution >= 0.6 is 11.6 Å². The first-order valence-corrected chi connectivity index (χ1v) is 8.06. The van der Waals surface area contributed by atoms with Crippen LogP contribution in [0.5, 0.6) is 0 Å². The predicted octanol–water partition coefficient (Wildman–Crippen LogP) is 1.03. The number of carbonyl (C=O) groups is 1.